The molecule has 1 rings (SSSR count). The van der Waals surface area contributed by atoms with Gasteiger partial charge < -0.3 is 15.6 Å². The second-order valence-electron chi connectivity index (χ2n) is 2.69. The molecule has 0 amide bonds. The number of carboxylic acids is 1. The van der Waals surface area contributed by atoms with E-state index < -0.39 is 29.3 Å². The highest BCUT2D eigenvalue weighted by molar-refractivity contribution is 9.10. The second-order valence-corrected chi connectivity index (χ2v) is 3.55. The van der Waals surface area contributed by atoms with E-state index in [1.807, 2.05) is 0 Å². The molecule has 0 aliphatic rings. The first-order valence-corrected chi connectivity index (χ1v) is 4.58. The molecule has 0 radical (unpaired) electrons. The van der Waals surface area contributed by atoms with Gasteiger partial charge in [0.15, 0.2) is 5.75 Å². The normalized spacial score (nSPS) is 11.2. The summed E-state index contributed by atoms with van der Waals surface area (Å²) in [5.41, 5.74) is 4.15. The Kier molecular flexibility index (Phi) is 3.32. The second kappa shape index (κ2) is 4.20. The number of carboxylic acid groups (broad SMARTS) is 1. The Bertz CT molecular complexity index is 433. The van der Waals surface area contributed by atoms with Crippen LogP contribution in [-0.4, -0.2) is 17.4 Å². The molecule has 0 fully saturated rings. The van der Waals surface area contributed by atoms with Gasteiger partial charge >= 0.3 is 12.3 Å². The quantitative estimate of drug-likeness (QED) is 0.824. The van der Waals surface area contributed by atoms with E-state index in [9.17, 15) is 18.0 Å². The van der Waals surface area contributed by atoms with Gasteiger partial charge in [0.25, 0.3) is 0 Å². The van der Waals surface area contributed by atoms with E-state index in [4.69, 9.17) is 10.8 Å². The van der Waals surface area contributed by atoms with Crippen molar-refractivity contribution < 1.29 is 27.8 Å². The van der Waals surface area contributed by atoms with Crippen molar-refractivity contribution in [1.29, 1.82) is 0 Å². The fourth-order valence-corrected chi connectivity index (χ4v) is 1.48. The van der Waals surface area contributed by atoms with Gasteiger partial charge in [0.1, 0.15) is 5.56 Å². The van der Waals surface area contributed by atoms with Crippen LogP contribution in [0.4, 0.5) is 18.9 Å². The number of anilines is 1. The molecule has 0 unspecified atom stereocenters. The first-order chi connectivity index (χ1) is 7.22. The van der Waals surface area contributed by atoms with Crippen molar-refractivity contribution in [3.8, 4) is 5.75 Å². The minimum atomic E-state index is -5.00. The van der Waals surface area contributed by atoms with Crippen molar-refractivity contribution in [3.05, 3.63) is 22.2 Å². The number of nitrogen functional groups attached to an aromatic ring is 1. The monoisotopic (exact) mass is 299 g/mol. The minimum Gasteiger partial charge on any atom is -0.478 e. The highest BCUT2D eigenvalue weighted by Crippen LogP contribution is 2.36. The van der Waals surface area contributed by atoms with Crippen molar-refractivity contribution in [3.63, 3.8) is 0 Å². The van der Waals surface area contributed by atoms with Gasteiger partial charge in [-0.3, -0.25) is 0 Å². The molecular weight excluding hydrogens is 295 g/mol. The number of alkyl halides is 3. The van der Waals surface area contributed by atoms with E-state index in [1.165, 1.54) is 6.07 Å². The van der Waals surface area contributed by atoms with E-state index in [0.717, 1.165) is 6.07 Å². The van der Waals surface area contributed by atoms with Gasteiger partial charge in [0.05, 0.1) is 5.69 Å². The molecule has 0 aliphatic heterocycles. The van der Waals surface area contributed by atoms with Crippen LogP contribution < -0.4 is 10.5 Å². The average molecular weight is 300 g/mol. The Morgan fingerprint density at radius 3 is 2.44 bits per heavy atom. The third-order valence-corrected chi connectivity index (χ3v) is 2.23. The van der Waals surface area contributed by atoms with Gasteiger partial charge in [-0.15, -0.1) is 13.2 Å². The number of aromatic carboxylic acids is 1. The molecule has 3 N–H and O–H groups in total. The maximum atomic E-state index is 12.0. The maximum absolute atomic E-state index is 12.0. The summed E-state index contributed by atoms with van der Waals surface area (Å²) < 4.78 is 39.6. The van der Waals surface area contributed by atoms with E-state index >= 15 is 0 Å². The highest BCUT2D eigenvalue weighted by atomic mass is 79.9. The van der Waals surface area contributed by atoms with Gasteiger partial charge in [-0.1, -0.05) is 0 Å². The Balaban J connectivity index is 3.35. The molecule has 0 spiro atoms. The summed E-state index contributed by atoms with van der Waals surface area (Å²) in [6.45, 7) is 0. The number of benzene rings is 1. The number of halogens is 4. The lowest BCUT2D eigenvalue weighted by atomic mass is 10.2. The highest BCUT2D eigenvalue weighted by Gasteiger charge is 2.34. The van der Waals surface area contributed by atoms with Gasteiger partial charge in [0.2, 0.25) is 0 Å². The molecule has 0 heterocycles. The molecule has 4 nitrogen and oxygen atoms in total. The first kappa shape index (κ1) is 12.6. The molecule has 88 valence electrons. The molecule has 0 atom stereocenters. The predicted molar refractivity (Wildman–Crippen MR) is 52.2 cm³/mol. The summed E-state index contributed by atoms with van der Waals surface area (Å²) in [5, 5.41) is 8.73. The molecule has 0 aliphatic carbocycles. The zero-order chi connectivity index (χ0) is 12.5. The van der Waals surface area contributed by atoms with Crippen molar-refractivity contribution >= 4 is 27.6 Å². The topological polar surface area (TPSA) is 72.6 Å². The standard InChI is InChI=1S/C8H5BrF3NO3/c9-3-1-2-4(13)6(5(3)7(14)15)16-8(10,11)12/h1-2H,13H2,(H,14,15). The lowest BCUT2D eigenvalue weighted by Crippen LogP contribution is -2.20. The van der Waals surface area contributed by atoms with Crippen LogP contribution in [0.1, 0.15) is 10.4 Å². The van der Waals surface area contributed by atoms with Crippen LogP contribution in [0.3, 0.4) is 0 Å². The zero-order valence-corrected chi connectivity index (χ0v) is 9.09. The van der Waals surface area contributed by atoms with Gasteiger partial charge in [-0.25, -0.2) is 4.79 Å². The molecule has 8 heteroatoms. The Morgan fingerprint density at radius 2 is 2.00 bits per heavy atom. The van der Waals surface area contributed by atoms with Crippen LogP contribution >= 0.6 is 15.9 Å². The largest absolute Gasteiger partial charge is 0.573 e. The summed E-state index contributed by atoms with van der Waals surface area (Å²) in [5.74, 6) is -2.49. The summed E-state index contributed by atoms with van der Waals surface area (Å²) in [7, 11) is 0. The smallest absolute Gasteiger partial charge is 0.478 e. The van der Waals surface area contributed by atoms with E-state index in [2.05, 4.69) is 20.7 Å². The first-order valence-electron chi connectivity index (χ1n) is 3.79. The molecule has 0 saturated heterocycles. The lowest BCUT2D eigenvalue weighted by Gasteiger charge is -2.14. The summed E-state index contributed by atoms with van der Waals surface area (Å²) in [6.07, 6.45) is -5.00. The molecule has 1 aromatic carbocycles. The van der Waals surface area contributed by atoms with Crippen LogP contribution in [0.5, 0.6) is 5.75 Å². The number of hydrogen-bond acceptors (Lipinski definition) is 3. The predicted octanol–water partition coefficient (Wildman–Crippen LogP) is 2.63. The van der Waals surface area contributed by atoms with E-state index in [-0.39, 0.29) is 4.47 Å². The van der Waals surface area contributed by atoms with Crippen LogP contribution in [0.15, 0.2) is 16.6 Å². The molecule has 1 aromatic rings. The van der Waals surface area contributed by atoms with Gasteiger partial charge in [-0.05, 0) is 28.1 Å². The lowest BCUT2D eigenvalue weighted by molar-refractivity contribution is -0.274. The summed E-state index contributed by atoms with van der Waals surface area (Å²) in [6, 6.07) is 2.33. The summed E-state index contributed by atoms with van der Waals surface area (Å²) in [4.78, 5) is 10.7. The van der Waals surface area contributed by atoms with E-state index in [1.54, 1.807) is 0 Å². The number of rotatable bonds is 2. The van der Waals surface area contributed by atoms with Crippen molar-refractivity contribution in [2.75, 3.05) is 5.73 Å². The molecule has 16 heavy (non-hydrogen) atoms. The number of carbonyl (C=O) groups is 1. The SMILES string of the molecule is Nc1ccc(Br)c(C(=O)O)c1OC(F)(F)F. The fourth-order valence-electron chi connectivity index (χ4n) is 1.000. The molecular formula is C8H5BrF3NO3. The fraction of sp³-hybridized carbons (Fsp3) is 0.125. The molecule has 0 saturated carbocycles. The van der Waals surface area contributed by atoms with Gasteiger partial charge in [-0.2, -0.15) is 0 Å². The third kappa shape index (κ3) is 2.78. The van der Waals surface area contributed by atoms with Gasteiger partial charge in [0, 0.05) is 4.47 Å². The molecule has 0 aromatic heterocycles. The number of hydrogen-bond donors (Lipinski definition) is 2. The van der Waals surface area contributed by atoms with E-state index in [0.29, 0.717) is 0 Å². The Labute approximate surface area is 95.9 Å². The zero-order valence-electron chi connectivity index (χ0n) is 7.51. The van der Waals surface area contributed by atoms with Crippen LogP contribution in [0, 0.1) is 0 Å². The number of nitrogens with two attached hydrogens (primary N) is 1. The van der Waals surface area contributed by atoms with Crippen molar-refractivity contribution in [2.24, 2.45) is 0 Å². The van der Waals surface area contributed by atoms with Crippen molar-refractivity contribution in [2.45, 2.75) is 6.36 Å². The Hall–Kier alpha value is -1.44. The number of ether oxygens (including phenoxy) is 1. The Morgan fingerprint density at radius 1 is 1.44 bits per heavy atom. The molecule has 0 bridgehead atoms. The minimum absolute atomic E-state index is 0.0477. The maximum Gasteiger partial charge on any atom is 0.573 e. The summed E-state index contributed by atoms with van der Waals surface area (Å²) >= 11 is 2.81. The third-order valence-electron chi connectivity index (χ3n) is 1.57. The van der Waals surface area contributed by atoms with Crippen LogP contribution in [-0.2, 0) is 0 Å². The van der Waals surface area contributed by atoms with Crippen LogP contribution in [0.25, 0.3) is 0 Å². The van der Waals surface area contributed by atoms with Crippen LogP contribution in [0.2, 0.25) is 0 Å². The van der Waals surface area contributed by atoms with Crippen molar-refractivity contribution in [1.82, 2.24) is 0 Å². The average Bonchev–Trinajstić information content (AvgIpc) is 2.08.